The number of hydrogen-bond donors (Lipinski definition) is 1. The van der Waals surface area contributed by atoms with Crippen LogP contribution < -0.4 is 5.32 Å². The molecule has 0 aromatic rings. The van der Waals surface area contributed by atoms with E-state index in [4.69, 9.17) is 0 Å². The summed E-state index contributed by atoms with van der Waals surface area (Å²) in [4.78, 5) is 2.53. The molecule has 2 heteroatoms. The zero-order chi connectivity index (χ0) is 6.81. The van der Waals surface area contributed by atoms with Gasteiger partial charge in [-0.15, -0.1) is 0 Å². The van der Waals surface area contributed by atoms with Crippen LogP contribution in [0.3, 0.4) is 0 Å². The number of nitrogens with one attached hydrogen (secondary N) is 1. The summed E-state index contributed by atoms with van der Waals surface area (Å²) in [5, 5.41) is 3.38. The summed E-state index contributed by atoms with van der Waals surface area (Å²) in [5.74, 6) is 0. The molecule has 1 atom stereocenters. The van der Waals surface area contributed by atoms with Gasteiger partial charge in [0.1, 0.15) is 0 Å². The van der Waals surface area contributed by atoms with Crippen LogP contribution in [0.5, 0.6) is 0 Å². The first-order valence-electron chi connectivity index (χ1n) is 4.06. The van der Waals surface area contributed by atoms with Gasteiger partial charge in [0.2, 0.25) is 0 Å². The second-order valence-corrected chi connectivity index (χ2v) is 3.07. The Morgan fingerprint density at radius 3 is 3.40 bits per heavy atom. The molecular weight excluding hydrogens is 124 g/mol. The van der Waals surface area contributed by atoms with Crippen molar-refractivity contribution < 1.29 is 0 Å². The molecule has 2 nitrogen and oxygen atoms in total. The van der Waals surface area contributed by atoms with Gasteiger partial charge < -0.3 is 5.32 Å². The lowest BCUT2D eigenvalue weighted by atomic mass is 10.2. The van der Waals surface area contributed by atoms with Crippen LogP contribution in [0.2, 0.25) is 0 Å². The van der Waals surface area contributed by atoms with Gasteiger partial charge in [-0.3, -0.25) is 4.90 Å². The summed E-state index contributed by atoms with van der Waals surface area (Å²) in [7, 11) is 0. The second-order valence-electron chi connectivity index (χ2n) is 3.07. The van der Waals surface area contributed by atoms with E-state index >= 15 is 0 Å². The van der Waals surface area contributed by atoms with Crippen LogP contribution >= 0.6 is 0 Å². The molecular formula is C8H14N2. The average molecular weight is 138 g/mol. The van der Waals surface area contributed by atoms with Gasteiger partial charge in [-0.25, -0.2) is 0 Å². The van der Waals surface area contributed by atoms with Gasteiger partial charge in [-0.1, -0.05) is 12.2 Å². The molecule has 0 radical (unpaired) electrons. The number of fused-ring (bicyclic) bond motifs is 1. The van der Waals surface area contributed by atoms with E-state index in [1.165, 1.54) is 25.9 Å². The maximum Gasteiger partial charge on any atom is 0.0484 e. The van der Waals surface area contributed by atoms with Crippen LogP contribution in [-0.4, -0.2) is 30.7 Å². The highest BCUT2D eigenvalue weighted by Crippen LogP contribution is 2.13. The zero-order valence-electron chi connectivity index (χ0n) is 6.21. The van der Waals surface area contributed by atoms with Gasteiger partial charge in [0.05, 0.1) is 0 Å². The minimum absolute atomic E-state index is 0.791. The molecule has 0 saturated carbocycles. The fraction of sp³-hybridized carbons (Fsp3) is 0.750. The minimum Gasteiger partial charge on any atom is -0.303 e. The van der Waals surface area contributed by atoms with Crippen LogP contribution in [-0.2, 0) is 0 Å². The first kappa shape index (κ1) is 6.38. The third-order valence-electron chi connectivity index (χ3n) is 2.37. The van der Waals surface area contributed by atoms with Crippen molar-refractivity contribution in [1.82, 2.24) is 10.2 Å². The van der Waals surface area contributed by atoms with Crippen molar-refractivity contribution in [3.05, 3.63) is 12.2 Å². The Hall–Kier alpha value is -0.340. The topological polar surface area (TPSA) is 15.3 Å². The molecule has 1 N–H and O–H groups in total. The van der Waals surface area contributed by atoms with Crippen LogP contribution in [0.15, 0.2) is 12.2 Å². The molecule has 0 aromatic heterocycles. The molecule has 2 aliphatic heterocycles. The molecule has 2 aliphatic rings. The van der Waals surface area contributed by atoms with Gasteiger partial charge in [-0.05, 0) is 12.8 Å². The van der Waals surface area contributed by atoms with Crippen molar-refractivity contribution in [2.75, 3.05) is 19.8 Å². The van der Waals surface area contributed by atoms with Gasteiger partial charge in [0, 0.05) is 25.8 Å². The fourth-order valence-electron chi connectivity index (χ4n) is 1.74. The smallest absolute Gasteiger partial charge is 0.0484 e. The molecule has 0 spiro atoms. The predicted molar refractivity (Wildman–Crippen MR) is 41.7 cm³/mol. The Kier molecular flexibility index (Phi) is 1.74. The molecule has 1 saturated heterocycles. The Morgan fingerprint density at radius 1 is 1.40 bits per heavy atom. The summed E-state index contributed by atoms with van der Waals surface area (Å²) >= 11 is 0. The van der Waals surface area contributed by atoms with E-state index in [-0.39, 0.29) is 0 Å². The predicted octanol–water partition coefficient (Wildman–Crippen LogP) is 0.568. The minimum atomic E-state index is 0.791. The number of nitrogens with zero attached hydrogens (tertiary/aromatic N) is 1. The number of hydrogen-bond acceptors (Lipinski definition) is 2. The summed E-state index contributed by atoms with van der Waals surface area (Å²) in [5.41, 5.74) is 0. The average Bonchev–Trinajstić information content (AvgIpc) is 2.28. The third-order valence-corrected chi connectivity index (χ3v) is 2.37. The van der Waals surface area contributed by atoms with E-state index in [0.29, 0.717) is 0 Å². The van der Waals surface area contributed by atoms with E-state index in [1.807, 2.05) is 0 Å². The standard InChI is InChI=1S/C8H14N2/c1-2-4-8-6-9-7-10(8)5-3-1/h1-2,8-9H,3-7H2. The summed E-state index contributed by atoms with van der Waals surface area (Å²) < 4.78 is 0. The highest BCUT2D eigenvalue weighted by Gasteiger charge is 2.22. The summed E-state index contributed by atoms with van der Waals surface area (Å²) in [6.07, 6.45) is 7.10. The highest BCUT2D eigenvalue weighted by molar-refractivity contribution is 4.95. The Morgan fingerprint density at radius 2 is 2.40 bits per heavy atom. The molecule has 2 heterocycles. The van der Waals surface area contributed by atoms with Crippen LogP contribution in [0.25, 0.3) is 0 Å². The monoisotopic (exact) mass is 138 g/mol. The van der Waals surface area contributed by atoms with E-state index in [9.17, 15) is 0 Å². The van der Waals surface area contributed by atoms with Gasteiger partial charge in [0.25, 0.3) is 0 Å². The van der Waals surface area contributed by atoms with Crippen molar-refractivity contribution in [3.8, 4) is 0 Å². The largest absolute Gasteiger partial charge is 0.303 e. The highest BCUT2D eigenvalue weighted by atomic mass is 15.3. The molecule has 0 aliphatic carbocycles. The number of rotatable bonds is 0. The molecule has 10 heavy (non-hydrogen) atoms. The normalized spacial score (nSPS) is 33.8. The quantitative estimate of drug-likeness (QED) is 0.492. The van der Waals surface area contributed by atoms with E-state index < -0.39 is 0 Å². The fourth-order valence-corrected chi connectivity index (χ4v) is 1.74. The van der Waals surface area contributed by atoms with Gasteiger partial charge in [-0.2, -0.15) is 0 Å². The molecule has 56 valence electrons. The third kappa shape index (κ3) is 1.09. The van der Waals surface area contributed by atoms with E-state index in [0.717, 1.165) is 12.7 Å². The van der Waals surface area contributed by atoms with Crippen molar-refractivity contribution in [2.24, 2.45) is 0 Å². The lowest BCUT2D eigenvalue weighted by molar-refractivity contribution is 0.269. The summed E-state index contributed by atoms with van der Waals surface area (Å²) in [6.45, 7) is 3.53. The summed E-state index contributed by atoms with van der Waals surface area (Å²) in [6, 6.07) is 0.791. The van der Waals surface area contributed by atoms with Gasteiger partial charge >= 0.3 is 0 Å². The maximum absolute atomic E-state index is 3.38. The first-order chi connectivity index (χ1) is 4.97. The zero-order valence-corrected chi connectivity index (χ0v) is 6.21. The Labute approximate surface area is 61.9 Å². The second kappa shape index (κ2) is 2.72. The lowest BCUT2D eigenvalue weighted by Gasteiger charge is -2.18. The molecule has 0 bridgehead atoms. The molecule has 0 aromatic carbocycles. The van der Waals surface area contributed by atoms with Crippen molar-refractivity contribution in [1.29, 1.82) is 0 Å². The SMILES string of the molecule is C1=CCC2CNCN2CC1. The first-order valence-corrected chi connectivity index (χ1v) is 4.06. The Balaban J connectivity index is 2.02. The molecule has 1 unspecified atom stereocenters. The molecule has 0 amide bonds. The van der Waals surface area contributed by atoms with Crippen LogP contribution in [0.1, 0.15) is 12.8 Å². The van der Waals surface area contributed by atoms with Crippen LogP contribution in [0, 0.1) is 0 Å². The van der Waals surface area contributed by atoms with Crippen molar-refractivity contribution in [2.45, 2.75) is 18.9 Å². The van der Waals surface area contributed by atoms with Crippen molar-refractivity contribution >= 4 is 0 Å². The van der Waals surface area contributed by atoms with Gasteiger partial charge in [0.15, 0.2) is 0 Å². The van der Waals surface area contributed by atoms with Crippen LogP contribution in [0.4, 0.5) is 0 Å². The Bertz CT molecular complexity index is 142. The van der Waals surface area contributed by atoms with E-state index in [2.05, 4.69) is 22.4 Å². The molecule has 2 rings (SSSR count). The van der Waals surface area contributed by atoms with Crippen molar-refractivity contribution in [3.63, 3.8) is 0 Å². The maximum atomic E-state index is 3.38. The lowest BCUT2D eigenvalue weighted by Crippen LogP contribution is -2.30. The van der Waals surface area contributed by atoms with E-state index in [1.54, 1.807) is 0 Å². The molecule has 1 fully saturated rings.